The van der Waals surface area contributed by atoms with Crippen molar-refractivity contribution in [2.45, 2.75) is 27.0 Å². The van der Waals surface area contributed by atoms with Crippen molar-refractivity contribution in [3.05, 3.63) is 71.1 Å². The maximum Gasteiger partial charge on any atom is 0.318 e. The summed E-state index contributed by atoms with van der Waals surface area (Å²) >= 11 is 0. The largest absolute Gasteiger partial charge is 0.487 e. The number of carboxylic acid groups (broad SMARTS) is 1. The molecule has 0 unspecified atom stereocenters. The van der Waals surface area contributed by atoms with Gasteiger partial charge in [-0.1, -0.05) is 29.8 Å². The SMILES string of the molecule is Cc1ccc(-c2nc(COc3cccc(CN(CC(=O)O)S(=O)(=O)N4CCOCC4)c3)c(C)o2)cc1. The summed E-state index contributed by atoms with van der Waals surface area (Å²) in [6.07, 6.45) is 0. The predicted octanol–water partition coefficient (Wildman–Crippen LogP) is 3.00. The number of oxazole rings is 1. The second-order valence-electron chi connectivity index (χ2n) is 8.51. The van der Waals surface area contributed by atoms with Crippen molar-refractivity contribution in [3.8, 4) is 17.2 Å². The molecule has 0 radical (unpaired) electrons. The molecule has 0 bridgehead atoms. The van der Waals surface area contributed by atoms with Gasteiger partial charge in [-0.3, -0.25) is 4.79 Å². The molecule has 0 saturated carbocycles. The molecule has 1 saturated heterocycles. The van der Waals surface area contributed by atoms with Crippen LogP contribution in [0.2, 0.25) is 0 Å². The molecule has 0 aliphatic carbocycles. The zero-order valence-electron chi connectivity index (χ0n) is 20.2. The third-order valence-corrected chi connectivity index (χ3v) is 7.69. The van der Waals surface area contributed by atoms with E-state index >= 15 is 0 Å². The van der Waals surface area contributed by atoms with Gasteiger partial charge < -0.3 is 19.0 Å². The molecular weight excluding hydrogens is 486 g/mol. The van der Waals surface area contributed by atoms with Crippen LogP contribution in [0.3, 0.4) is 0 Å². The fourth-order valence-corrected chi connectivity index (χ4v) is 5.30. The highest BCUT2D eigenvalue weighted by Gasteiger charge is 2.32. The fourth-order valence-electron chi connectivity index (χ4n) is 3.78. The Morgan fingerprint density at radius 1 is 1.14 bits per heavy atom. The first kappa shape index (κ1) is 25.8. The molecule has 10 nitrogen and oxygen atoms in total. The van der Waals surface area contributed by atoms with E-state index in [1.807, 2.05) is 38.1 Å². The van der Waals surface area contributed by atoms with E-state index in [1.54, 1.807) is 24.3 Å². The number of nitrogens with zero attached hydrogens (tertiary/aromatic N) is 3. The summed E-state index contributed by atoms with van der Waals surface area (Å²) in [6.45, 7) is 4.15. The summed E-state index contributed by atoms with van der Waals surface area (Å²) in [6, 6.07) is 14.8. The van der Waals surface area contributed by atoms with Crippen molar-refractivity contribution < 1.29 is 32.2 Å². The van der Waals surface area contributed by atoms with E-state index in [0.717, 1.165) is 15.4 Å². The van der Waals surface area contributed by atoms with Crippen LogP contribution in [0.15, 0.2) is 52.9 Å². The molecule has 2 aromatic carbocycles. The van der Waals surface area contributed by atoms with E-state index in [2.05, 4.69) is 4.98 Å². The van der Waals surface area contributed by atoms with E-state index in [1.165, 1.54) is 4.31 Å². The first-order valence-corrected chi connectivity index (χ1v) is 12.9. The summed E-state index contributed by atoms with van der Waals surface area (Å²) < 4.78 is 45.3. The fraction of sp³-hybridized carbons (Fsp3) is 0.360. The van der Waals surface area contributed by atoms with Gasteiger partial charge in [0.1, 0.15) is 30.4 Å². The normalized spacial score (nSPS) is 14.8. The van der Waals surface area contributed by atoms with Crippen molar-refractivity contribution in [2.75, 3.05) is 32.8 Å². The molecule has 4 rings (SSSR count). The van der Waals surface area contributed by atoms with Gasteiger partial charge in [-0.2, -0.15) is 17.0 Å². The topological polar surface area (TPSA) is 122 Å². The highest BCUT2D eigenvalue weighted by atomic mass is 32.2. The lowest BCUT2D eigenvalue weighted by molar-refractivity contribution is -0.137. The van der Waals surface area contributed by atoms with Crippen LogP contribution in [0, 0.1) is 13.8 Å². The van der Waals surface area contributed by atoms with Crippen molar-refractivity contribution in [1.82, 2.24) is 13.6 Å². The summed E-state index contributed by atoms with van der Waals surface area (Å²) in [5.74, 6) is 0.430. The molecule has 36 heavy (non-hydrogen) atoms. The molecule has 1 aliphatic rings. The highest BCUT2D eigenvalue weighted by molar-refractivity contribution is 7.86. The van der Waals surface area contributed by atoms with Gasteiger partial charge in [-0.05, 0) is 43.7 Å². The summed E-state index contributed by atoms with van der Waals surface area (Å²) in [7, 11) is -3.97. The standard InChI is InChI=1S/C25H29N3O7S/c1-18-6-8-21(9-7-18)25-26-23(19(2)35-25)17-34-22-5-3-4-20(14-22)15-28(16-24(29)30)36(31,32)27-10-12-33-13-11-27/h3-9,14H,10-13,15-17H2,1-2H3,(H,29,30). The Hall–Kier alpha value is -3.25. The quantitative estimate of drug-likeness (QED) is 0.437. The van der Waals surface area contributed by atoms with E-state index in [-0.39, 0.29) is 39.5 Å². The zero-order chi connectivity index (χ0) is 25.7. The molecule has 3 aromatic rings. The number of hydrogen-bond donors (Lipinski definition) is 1. The third kappa shape index (κ3) is 6.30. The maximum atomic E-state index is 13.1. The van der Waals surface area contributed by atoms with Crippen molar-refractivity contribution in [3.63, 3.8) is 0 Å². The molecule has 192 valence electrons. The van der Waals surface area contributed by atoms with E-state index in [4.69, 9.17) is 13.9 Å². The van der Waals surface area contributed by atoms with E-state index in [0.29, 0.717) is 28.7 Å². The maximum absolute atomic E-state index is 13.1. The minimum Gasteiger partial charge on any atom is -0.487 e. The summed E-state index contributed by atoms with van der Waals surface area (Å²) in [4.78, 5) is 16.0. The molecule has 1 N–H and O–H groups in total. The molecule has 0 atom stereocenters. The van der Waals surface area contributed by atoms with Crippen LogP contribution in [0.5, 0.6) is 5.75 Å². The number of aromatic nitrogens is 1. The lowest BCUT2D eigenvalue weighted by Gasteiger charge is -2.31. The number of aryl methyl sites for hydroxylation is 2. The van der Waals surface area contributed by atoms with Crippen molar-refractivity contribution in [2.24, 2.45) is 0 Å². The molecule has 0 spiro atoms. The Bertz CT molecular complexity index is 1300. The van der Waals surface area contributed by atoms with Crippen LogP contribution in [0.25, 0.3) is 11.5 Å². The van der Waals surface area contributed by atoms with Crippen LogP contribution in [0.1, 0.15) is 22.6 Å². The third-order valence-electron chi connectivity index (χ3n) is 5.76. The van der Waals surface area contributed by atoms with Gasteiger partial charge >= 0.3 is 5.97 Å². The van der Waals surface area contributed by atoms with Gasteiger partial charge in [0, 0.05) is 25.2 Å². The van der Waals surface area contributed by atoms with Crippen LogP contribution >= 0.6 is 0 Å². The number of benzene rings is 2. The number of carbonyl (C=O) groups is 1. The number of morpholine rings is 1. The monoisotopic (exact) mass is 515 g/mol. The Morgan fingerprint density at radius 3 is 2.56 bits per heavy atom. The van der Waals surface area contributed by atoms with Gasteiger partial charge in [-0.15, -0.1) is 0 Å². The molecule has 1 aliphatic heterocycles. The Labute approximate surface area is 210 Å². The Balaban J connectivity index is 1.46. The van der Waals surface area contributed by atoms with Crippen LogP contribution < -0.4 is 4.74 Å². The molecular formula is C25H29N3O7S. The van der Waals surface area contributed by atoms with Gasteiger partial charge in [0.05, 0.1) is 13.2 Å². The molecule has 0 amide bonds. The number of hydrogen-bond acceptors (Lipinski definition) is 7. The average molecular weight is 516 g/mol. The van der Waals surface area contributed by atoms with E-state index < -0.39 is 22.7 Å². The average Bonchev–Trinajstić information content (AvgIpc) is 3.23. The minimum absolute atomic E-state index is 0.107. The van der Waals surface area contributed by atoms with Crippen LogP contribution in [0.4, 0.5) is 0 Å². The number of ether oxygens (including phenoxy) is 2. The molecule has 1 aromatic heterocycles. The molecule has 2 heterocycles. The van der Waals surface area contributed by atoms with Gasteiger partial charge in [-0.25, -0.2) is 4.98 Å². The summed E-state index contributed by atoms with van der Waals surface area (Å²) in [5, 5.41) is 9.32. The van der Waals surface area contributed by atoms with Crippen molar-refractivity contribution >= 4 is 16.2 Å². The smallest absolute Gasteiger partial charge is 0.318 e. The number of carboxylic acids is 1. The van der Waals surface area contributed by atoms with Gasteiger partial charge in [0.25, 0.3) is 10.2 Å². The second kappa shape index (κ2) is 11.2. The second-order valence-corrected chi connectivity index (χ2v) is 10.4. The lowest BCUT2D eigenvalue weighted by Crippen LogP contribution is -2.49. The van der Waals surface area contributed by atoms with Gasteiger partial charge in [0.15, 0.2) is 0 Å². The van der Waals surface area contributed by atoms with Crippen LogP contribution in [-0.4, -0.2) is 65.9 Å². The minimum atomic E-state index is -3.97. The van der Waals surface area contributed by atoms with Crippen molar-refractivity contribution in [1.29, 1.82) is 0 Å². The van der Waals surface area contributed by atoms with E-state index in [9.17, 15) is 18.3 Å². The first-order valence-electron chi connectivity index (χ1n) is 11.5. The number of aliphatic carboxylic acids is 1. The molecule has 11 heteroatoms. The molecule has 1 fully saturated rings. The predicted molar refractivity (Wildman–Crippen MR) is 132 cm³/mol. The van der Waals surface area contributed by atoms with Crippen LogP contribution in [-0.2, 0) is 32.9 Å². The number of rotatable bonds is 10. The zero-order valence-corrected chi connectivity index (χ0v) is 21.0. The lowest BCUT2D eigenvalue weighted by atomic mass is 10.1. The summed E-state index contributed by atoms with van der Waals surface area (Å²) in [5.41, 5.74) is 3.27. The Morgan fingerprint density at radius 2 is 1.86 bits per heavy atom. The highest BCUT2D eigenvalue weighted by Crippen LogP contribution is 2.24. The Kier molecular flexibility index (Phi) is 8.04. The first-order chi connectivity index (χ1) is 17.2. The van der Waals surface area contributed by atoms with Gasteiger partial charge in [0.2, 0.25) is 5.89 Å².